The predicted octanol–water partition coefficient (Wildman–Crippen LogP) is 4.05. The molecule has 2 heterocycles. The Morgan fingerprint density at radius 1 is 1.14 bits per heavy atom. The van der Waals surface area contributed by atoms with Gasteiger partial charge in [0.25, 0.3) is 0 Å². The number of thiazole rings is 1. The Morgan fingerprint density at radius 2 is 1.89 bits per heavy atom. The average molecular weight is 398 g/mol. The van der Waals surface area contributed by atoms with E-state index in [0.717, 1.165) is 22.1 Å². The number of nitrogens with zero attached hydrogens (tertiary/aromatic N) is 2. The van der Waals surface area contributed by atoms with Crippen LogP contribution in [0.25, 0.3) is 5.13 Å². The molecule has 0 unspecified atom stereocenters. The summed E-state index contributed by atoms with van der Waals surface area (Å²) < 4.78 is 12.6. The number of ketones is 1. The molecule has 0 saturated carbocycles. The van der Waals surface area contributed by atoms with Gasteiger partial charge in [0.1, 0.15) is 5.75 Å². The third-order valence-electron chi connectivity index (χ3n) is 4.30. The molecule has 0 fully saturated rings. The zero-order valence-electron chi connectivity index (χ0n) is 16.1. The van der Waals surface area contributed by atoms with Crippen molar-refractivity contribution in [3.05, 3.63) is 64.4 Å². The van der Waals surface area contributed by atoms with Crippen molar-refractivity contribution < 1.29 is 19.1 Å². The van der Waals surface area contributed by atoms with E-state index < -0.39 is 5.97 Å². The van der Waals surface area contributed by atoms with Gasteiger partial charge in [0.15, 0.2) is 11.7 Å². The molecule has 0 bridgehead atoms. The van der Waals surface area contributed by atoms with E-state index in [0.29, 0.717) is 11.3 Å². The van der Waals surface area contributed by atoms with Gasteiger partial charge in [0.05, 0.1) is 13.0 Å². The average Bonchev–Trinajstić information content (AvgIpc) is 3.29. The lowest BCUT2D eigenvalue weighted by Crippen LogP contribution is -2.16. The highest BCUT2D eigenvalue weighted by Gasteiger charge is 2.19. The summed E-state index contributed by atoms with van der Waals surface area (Å²) in [6, 6.07) is 9.38. The highest BCUT2D eigenvalue weighted by atomic mass is 32.1. The van der Waals surface area contributed by atoms with E-state index in [-0.39, 0.29) is 25.4 Å². The smallest absolute Gasteiger partial charge is 0.309 e. The Hall–Kier alpha value is -2.93. The molecule has 0 saturated heterocycles. The van der Waals surface area contributed by atoms with Gasteiger partial charge in [-0.1, -0.05) is 17.7 Å². The maximum atomic E-state index is 12.5. The first-order valence-corrected chi connectivity index (χ1v) is 9.81. The second kappa shape index (κ2) is 8.84. The van der Waals surface area contributed by atoms with Gasteiger partial charge in [-0.15, -0.1) is 11.3 Å². The van der Waals surface area contributed by atoms with E-state index in [1.807, 2.05) is 55.0 Å². The number of ether oxygens (including phenoxy) is 2. The van der Waals surface area contributed by atoms with Crippen molar-refractivity contribution in [2.75, 3.05) is 13.2 Å². The normalized spacial score (nSPS) is 10.7. The number of benzene rings is 1. The fraction of sp³-hybridized carbons (Fsp3) is 0.286. The summed E-state index contributed by atoms with van der Waals surface area (Å²) in [5.74, 6) is 0.00186. The molecule has 3 aromatic rings. The fourth-order valence-electron chi connectivity index (χ4n) is 2.85. The van der Waals surface area contributed by atoms with Crippen LogP contribution in [0, 0.1) is 20.8 Å². The minimum absolute atomic E-state index is 0.0826. The van der Waals surface area contributed by atoms with Crippen molar-refractivity contribution in [1.82, 2.24) is 9.55 Å². The maximum absolute atomic E-state index is 12.5. The standard InChI is InChI=1S/C21H22N2O4S/c1-14-4-6-17(7-5-14)26-10-8-20(25)27-13-19(24)18-12-15(2)23(16(18)3)21-22-9-11-28-21/h4-7,9,11-12H,8,10,13H2,1-3H3. The fourth-order valence-corrected chi connectivity index (χ4v) is 3.60. The molecular weight excluding hydrogens is 376 g/mol. The maximum Gasteiger partial charge on any atom is 0.309 e. The number of carbonyl (C=O) groups is 2. The van der Waals surface area contributed by atoms with Gasteiger partial charge in [0.2, 0.25) is 5.78 Å². The van der Waals surface area contributed by atoms with Crippen molar-refractivity contribution in [2.24, 2.45) is 0 Å². The van der Waals surface area contributed by atoms with Gasteiger partial charge in [-0.2, -0.15) is 0 Å². The summed E-state index contributed by atoms with van der Waals surface area (Å²) in [5.41, 5.74) is 3.38. The number of aromatic nitrogens is 2. The van der Waals surface area contributed by atoms with Crippen LogP contribution in [0.1, 0.15) is 33.7 Å². The lowest BCUT2D eigenvalue weighted by atomic mass is 10.1. The number of hydrogen-bond donors (Lipinski definition) is 0. The summed E-state index contributed by atoms with van der Waals surface area (Å²) in [7, 11) is 0. The lowest BCUT2D eigenvalue weighted by Gasteiger charge is -2.07. The van der Waals surface area contributed by atoms with E-state index in [4.69, 9.17) is 9.47 Å². The number of Topliss-reactive ketones (excluding diaryl/α,β-unsaturated/α-hetero) is 1. The molecule has 7 heteroatoms. The molecule has 6 nitrogen and oxygen atoms in total. The molecule has 0 radical (unpaired) electrons. The summed E-state index contributed by atoms with van der Waals surface area (Å²) in [4.78, 5) is 28.7. The first-order chi connectivity index (χ1) is 13.5. The topological polar surface area (TPSA) is 70.4 Å². The monoisotopic (exact) mass is 398 g/mol. The molecule has 1 aromatic carbocycles. The van der Waals surface area contributed by atoms with Gasteiger partial charge in [-0.25, -0.2) is 4.98 Å². The molecule has 28 heavy (non-hydrogen) atoms. The number of aryl methyl sites for hydroxylation is 2. The molecule has 0 aliphatic carbocycles. The van der Waals surface area contributed by atoms with E-state index in [9.17, 15) is 9.59 Å². The van der Waals surface area contributed by atoms with Crippen LogP contribution in [0.15, 0.2) is 41.9 Å². The van der Waals surface area contributed by atoms with Crippen LogP contribution in [0.5, 0.6) is 5.75 Å². The minimum Gasteiger partial charge on any atom is -0.493 e. The first kappa shape index (κ1) is 19.8. The van der Waals surface area contributed by atoms with Crippen molar-refractivity contribution in [3.8, 4) is 10.9 Å². The first-order valence-electron chi connectivity index (χ1n) is 8.93. The van der Waals surface area contributed by atoms with E-state index >= 15 is 0 Å². The number of hydrogen-bond acceptors (Lipinski definition) is 6. The van der Waals surface area contributed by atoms with Gasteiger partial charge in [-0.05, 0) is 39.0 Å². The summed E-state index contributed by atoms with van der Waals surface area (Å²) in [6.07, 6.45) is 1.81. The molecule has 146 valence electrons. The highest BCUT2D eigenvalue weighted by Crippen LogP contribution is 2.22. The summed E-state index contributed by atoms with van der Waals surface area (Å²) >= 11 is 1.50. The number of carbonyl (C=O) groups excluding carboxylic acids is 2. The van der Waals surface area contributed by atoms with E-state index in [1.54, 1.807) is 12.3 Å². The van der Waals surface area contributed by atoms with Gasteiger partial charge >= 0.3 is 5.97 Å². The molecule has 0 amide bonds. The molecular formula is C21H22N2O4S. The van der Waals surface area contributed by atoms with E-state index in [2.05, 4.69) is 4.98 Å². The molecule has 2 aromatic heterocycles. The molecule has 0 spiro atoms. The minimum atomic E-state index is -0.464. The largest absolute Gasteiger partial charge is 0.493 e. The number of rotatable bonds is 8. The van der Waals surface area contributed by atoms with Gasteiger partial charge in [0, 0.05) is 28.5 Å². The predicted molar refractivity (Wildman–Crippen MR) is 107 cm³/mol. The third-order valence-corrected chi connectivity index (χ3v) is 5.06. The highest BCUT2D eigenvalue weighted by molar-refractivity contribution is 7.12. The molecule has 0 atom stereocenters. The van der Waals surface area contributed by atoms with Crippen LogP contribution in [0.4, 0.5) is 0 Å². The van der Waals surface area contributed by atoms with Crippen molar-refractivity contribution in [3.63, 3.8) is 0 Å². The van der Waals surface area contributed by atoms with Gasteiger partial charge < -0.3 is 9.47 Å². The summed E-state index contributed by atoms with van der Waals surface area (Å²) in [6.45, 7) is 5.69. The SMILES string of the molecule is Cc1ccc(OCCC(=O)OCC(=O)c2cc(C)n(-c3nccs3)c2C)cc1. The second-order valence-corrected chi connectivity index (χ2v) is 7.30. The lowest BCUT2D eigenvalue weighted by molar-refractivity contribution is -0.143. The van der Waals surface area contributed by atoms with Crippen molar-refractivity contribution in [1.29, 1.82) is 0 Å². The quantitative estimate of drug-likeness (QED) is 0.423. The van der Waals surface area contributed by atoms with Crippen LogP contribution in [-0.2, 0) is 9.53 Å². The Kier molecular flexibility index (Phi) is 6.26. The number of esters is 1. The van der Waals surface area contributed by atoms with Crippen LogP contribution in [0.3, 0.4) is 0 Å². The van der Waals surface area contributed by atoms with Crippen molar-refractivity contribution >= 4 is 23.1 Å². The van der Waals surface area contributed by atoms with Crippen LogP contribution in [-0.4, -0.2) is 34.5 Å². The van der Waals surface area contributed by atoms with Crippen LogP contribution < -0.4 is 4.74 Å². The Morgan fingerprint density at radius 3 is 2.57 bits per heavy atom. The molecule has 0 aliphatic rings. The van der Waals surface area contributed by atoms with Crippen LogP contribution in [0.2, 0.25) is 0 Å². The molecule has 0 N–H and O–H groups in total. The van der Waals surface area contributed by atoms with E-state index in [1.165, 1.54) is 11.3 Å². The Labute approximate surface area is 167 Å². The van der Waals surface area contributed by atoms with Crippen LogP contribution >= 0.6 is 11.3 Å². The Balaban J connectivity index is 1.50. The second-order valence-electron chi connectivity index (χ2n) is 6.43. The zero-order chi connectivity index (χ0) is 20.1. The van der Waals surface area contributed by atoms with Gasteiger partial charge in [-0.3, -0.25) is 14.2 Å². The molecule has 3 rings (SSSR count). The summed E-state index contributed by atoms with van der Waals surface area (Å²) in [5, 5.41) is 2.69. The zero-order valence-corrected chi connectivity index (χ0v) is 16.9. The van der Waals surface area contributed by atoms with Crippen molar-refractivity contribution in [2.45, 2.75) is 27.2 Å². The molecule has 0 aliphatic heterocycles. The third kappa shape index (κ3) is 4.67. The Bertz CT molecular complexity index is 959.